The number of carbonyl (C=O) groups excluding carboxylic acids is 1. The van der Waals surface area contributed by atoms with Crippen LogP contribution in [0.3, 0.4) is 0 Å². The number of nitrogens with zero attached hydrogens (tertiary/aromatic N) is 4. The zero-order valence-corrected chi connectivity index (χ0v) is 21.2. The number of halogens is 1. The van der Waals surface area contributed by atoms with E-state index in [4.69, 9.17) is 0 Å². The second-order valence-electron chi connectivity index (χ2n) is 7.83. The molecule has 0 bridgehead atoms. The van der Waals surface area contributed by atoms with Crippen molar-refractivity contribution in [2.24, 2.45) is 0 Å². The van der Waals surface area contributed by atoms with E-state index in [1.807, 2.05) is 35.7 Å². The SMILES string of the molecule is CCn1c(SCC(=O)Nc2nc(-c3ccc(Br)cc3)cs2)nnc1C1CC1c1ccccc1. The van der Waals surface area contributed by atoms with E-state index in [1.54, 1.807) is 0 Å². The van der Waals surface area contributed by atoms with Crippen LogP contribution in [0.15, 0.2) is 69.6 Å². The number of nitrogens with one attached hydrogen (secondary N) is 1. The van der Waals surface area contributed by atoms with Crippen LogP contribution in [0.25, 0.3) is 11.3 Å². The molecule has 0 aliphatic heterocycles. The number of aromatic nitrogens is 4. The minimum absolute atomic E-state index is 0.0995. The van der Waals surface area contributed by atoms with Gasteiger partial charge in [-0.25, -0.2) is 4.98 Å². The van der Waals surface area contributed by atoms with Gasteiger partial charge in [-0.05, 0) is 37.0 Å². The van der Waals surface area contributed by atoms with Crippen molar-refractivity contribution in [1.82, 2.24) is 19.7 Å². The third-order valence-electron chi connectivity index (χ3n) is 5.63. The van der Waals surface area contributed by atoms with Crippen molar-refractivity contribution < 1.29 is 4.79 Å². The Hall–Kier alpha value is -2.49. The van der Waals surface area contributed by atoms with Crippen molar-refractivity contribution in [2.45, 2.75) is 36.9 Å². The van der Waals surface area contributed by atoms with E-state index in [0.29, 0.717) is 17.0 Å². The average molecular weight is 541 g/mol. The number of rotatable bonds is 8. The molecule has 1 saturated carbocycles. The largest absolute Gasteiger partial charge is 0.306 e. The molecule has 4 aromatic rings. The zero-order valence-electron chi connectivity index (χ0n) is 17.9. The van der Waals surface area contributed by atoms with Gasteiger partial charge < -0.3 is 9.88 Å². The lowest BCUT2D eigenvalue weighted by atomic mass is 10.1. The van der Waals surface area contributed by atoms with Crippen LogP contribution in [-0.4, -0.2) is 31.4 Å². The van der Waals surface area contributed by atoms with Crippen molar-refractivity contribution >= 4 is 50.1 Å². The molecule has 2 heterocycles. The summed E-state index contributed by atoms with van der Waals surface area (Å²) in [5.74, 6) is 2.09. The fraction of sp³-hybridized carbons (Fsp3) is 0.250. The molecule has 9 heteroatoms. The predicted molar refractivity (Wildman–Crippen MR) is 137 cm³/mol. The highest BCUT2D eigenvalue weighted by Gasteiger charge is 2.43. The Morgan fingerprint density at radius 3 is 2.70 bits per heavy atom. The first-order valence-electron chi connectivity index (χ1n) is 10.7. The Morgan fingerprint density at radius 2 is 1.94 bits per heavy atom. The first-order valence-corrected chi connectivity index (χ1v) is 13.4. The van der Waals surface area contributed by atoms with Gasteiger partial charge in [0.25, 0.3) is 0 Å². The van der Waals surface area contributed by atoms with Gasteiger partial charge in [0, 0.05) is 27.9 Å². The van der Waals surface area contributed by atoms with Gasteiger partial charge >= 0.3 is 0 Å². The van der Waals surface area contributed by atoms with E-state index < -0.39 is 0 Å². The monoisotopic (exact) mass is 539 g/mol. The van der Waals surface area contributed by atoms with E-state index in [-0.39, 0.29) is 11.7 Å². The molecule has 2 atom stereocenters. The molecule has 1 aliphatic rings. The minimum atomic E-state index is -0.0995. The van der Waals surface area contributed by atoms with Crippen molar-refractivity contribution in [1.29, 1.82) is 0 Å². The van der Waals surface area contributed by atoms with Gasteiger partial charge in [-0.15, -0.1) is 21.5 Å². The standard InChI is InChI=1S/C24H22BrN5OS2/c1-2-30-22(19-12-18(19)15-6-4-3-5-7-15)28-29-24(30)33-14-21(31)27-23-26-20(13-32-23)16-8-10-17(25)11-9-16/h3-11,13,18-19H,2,12,14H2,1H3,(H,26,27,31). The summed E-state index contributed by atoms with van der Waals surface area (Å²) in [6, 6.07) is 18.5. The Kier molecular flexibility index (Phi) is 6.62. The quantitative estimate of drug-likeness (QED) is 0.270. The van der Waals surface area contributed by atoms with Crippen molar-refractivity contribution in [3.63, 3.8) is 0 Å². The topological polar surface area (TPSA) is 72.7 Å². The number of thioether (sulfide) groups is 1. The van der Waals surface area contributed by atoms with Crippen LogP contribution in [0.4, 0.5) is 5.13 Å². The maximum atomic E-state index is 12.5. The van der Waals surface area contributed by atoms with Crippen molar-refractivity contribution in [3.05, 3.63) is 75.8 Å². The maximum Gasteiger partial charge on any atom is 0.236 e. The highest BCUT2D eigenvalue weighted by molar-refractivity contribution is 9.10. The lowest BCUT2D eigenvalue weighted by Gasteiger charge is -2.07. The normalized spacial score (nSPS) is 17.2. The predicted octanol–water partition coefficient (Wildman–Crippen LogP) is 6.19. The maximum absolute atomic E-state index is 12.5. The van der Waals surface area contributed by atoms with E-state index in [2.05, 4.69) is 72.2 Å². The first kappa shape index (κ1) is 22.3. The van der Waals surface area contributed by atoms with Gasteiger partial charge in [0.15, 0.2) is 10.3 Å². The Bertz CT molecular complexity index is 1260. The Labute approximate surface area is 209 Å². The number of amides is 1. The van der Waals surface area contributed by atoms with Crippen LogP contribution in [0.2, 0.25) is 0 Å². The molecule has 1 N–H and O–H groups in total. The highest BCUT2D eigenvalue weighted by atomic mass is 79.9. The molecule has 2 aromatic heterocycles. The summed E-state index contributed by atoms with van der Waals surface area (Å²) in [6.07, 6.45) is 1.10. The summed E-state index contributed by atoms with van der Waals surface area (Å²) >= 11 is 6.28. The van der Waals surface area contributed by atoms with E-state index in [0.717, 1.165) is 39.7 Å². The zero-order chi connectivity index (χ0) is 22.8. The van der Waals surface area contributed by atoms with Gasteiger partial charge in [-0.3, -0.25) is 4.79 Å². The molecule has 1 aliphatic carbocycles. The molecule has 1 amide bonds. The summed E-state index contributed by atoms with van der Waals surface area (Å²) in [5.41, 5.74) is 3.22. The summed E-state index contributed by atoms with van der Waals surface area (Å²) in [4.78, 5) is 17.1. The lowest BCUT2D eigenvalue weighted by molar-refractivity contribution is -0.113. The summed E-state index contributed by atoms with van der Waals surface area (Å²) in [7, 11) is 0. The average Bonchev–Trinajstić information content (AvgIpc) is 3.30. The molecule has 2 unspecified atom stereocenters. The molecule has 6 nitrogen and oxygen atoms in total. The number of anilines is 1. The molecule has 33 heavy (non-hydrogen) atoms. The molecule has 0 spiro atoms. The highest BCUT2D eigenvalue weighted by Crippen LogP contribution is 2.54. The van der Waals surface area contributed by atoms with Crippen LogP contribution in [0.1, 0.15) is 36.6 Å². The first-order chi connectivity index (χ1) is 16.1. The summed E-state index contributed by atoms with van der Waals surface area (Å²) < 4.78 is 3.16. The van der Waals surface area contributed by atoms with E-state index in [1.165, 1.54) is 28.7 Å². The number of hydrogen-bond donors (Lipinski definition) is 1. The van der Waals surface area contributed by atoms with Gasteiger partial charge in [-0.2, -0.15) is 0 Å². The van der Waals surface area contributed by atoms with E-state index >= 15 is 0 Å². The third-order valence-corrected chi connectivity index (χ3v) is 7.89. The number of thiazole rings is 1. The van der Waals surface area contributed by atoms with Gasteiger partial charge in [0.1, 0.15) is 5.82 Å². The number of carbonyl (C=O) groups is 1. The third kappa shape index (κ3) is 5.05. The van der Waals surface area contributed by atoms with Crippen LogP contribution in [0, 0.1) is 0 Å². The minimum Gasteiger partial charge on any atom is -0.306 e. The van der Waals surface area contributed by atoms with Gasteiger partial charge in [-0.1, -0.05) is 70.2 Å². The fourth-order valence-corrected chi connectivity index (χ4v) is 5.71. The number of benzene rings is 2. The molecule has 168 valence electrons. The van der Waals surface area contributed by atoms with Crippen molar-refractivity contribution in [3.8, 4) is 11.3 Å². The molecular formula is C24H22BrN5OS2. The van der Waals surface area contributed by atoms with Crippen molar-refractivity contribution in [2.75, 3.05) is 11.1 Å². The second kappa shape index (κ2) is 9.79. The smallest absolute Gasteiger partial charge is 0.236 e. The number of hydrogen-bond acceptors (Lipinski definition) is 6. The van der Waals surface area contributed by atoms with Gasteiger partial charge in [0.2, 0.25) is 5.91 Å². The lowest BCUT2D eigenvalue weighted by Crippen LogP contribution is -2.14. The van der Waals surface area contributed by atoms with E-state index in [9.17, 15) is 4.79 Å². The summed E-state index contributed by atoms with van der Waals surface area (Å²) in [6.45, 7) is 2.88. The van der Waals surface area contributed by atoms with Crippen LogP contribution >= 0.6 is 39.0 Å². The van der Waals surface area contributed by atoms with Crippen LogP contribution < -0.4 is 5.32 Å². The van der Waals surface area contributed by atoms with Crippen LogP contribution in [-0.2, 0) is 11.3 Å². The van der Waals surface area contributed by atoms with Crippen LogP contribution in [0.5, 0.6) is 0 Å². The second-order valence-corrected chi connectivity index (χ2v) is 10.5. The van der Waals surface area contributed by atoms with Gasteiger partial charge in [0.05, 0.1) is 11.4 Å². The molecule has 5 rings (SSSR count). The molecule has 2 aromatic carbocycles. The Balaban J connectivity index is 1.19. The summed E-state index contributed by atoms with van der Waals surface area (Å²) in [5, 5.41) is 15.1. The molecule has 0 saturated heterocycles. The molecular weight excluding hydrogens is 518 g/mol. The molecule has 0 radical (unpaired) electrons. The fourth-order valence-electron chi connectivity index (χ4n) is 3.90. The molecule has 1 fully saturated rings. The Morgan fingerprint density at radius 1 is 1.15 bits per heavy atom.